The molecule has 0 aromatic heterocycles. The highest BCUT2D eigenvalue weighted by molar-refractivity contribution is 5.78. The van der Waals surface area contributed by atoms with Gasteiger partial charge < -0.3 is 10.2 Å². The van der Waals surface area contributed by atoms with Gasteiger partial charge in [-0.2, -0.15) is 0 Å². The first-order chi connectivity index (χ1) is 9.97. The van der Waals surface area contributed by atoms with Gasteiger partial charge in [0.1, 0.15) is 0 Å². The molecule has 1 aliphatic heterocycles. The molecule has 1 amide bonds. The van der Waals surface area contributed by atoms with Crippen molar-refractivity contribution in [2.24, 2.45) is 17.8 Å². The van der Waals surface area contributed by atoms with Gasteiger partial charge in [-0.15, -0.1) is 0 Å². The largest absolute Gasteiger partial charge is 0.354 e. The molecular formula is C18H32N2O. The van der Waals surface area contributed by atoms with Crippen LogP contribution in [0.2, 0.25) is 0 Å². The Labute approximate surface area is 130 Å². The third kappa shape index (κ3) is 4.57. The first-order valence-electron chi connectivity index (χ1n) is 8.66. The summed E-state index contributed by atoms with van der Waals surface area (Å²) in [7, 11) is 0. The number of nitrogens with zero attached hydrogens (tertiary/aromatic N) is 1. The Balaban J connectivity index is 1.80. The number of rotatable bonds is 4. The normalized spacial score (nSPS) is 28.5. The Morgan fingerprint density at radius 1 is 1.33 bits per heavy atom. The van der Waals surface area contributed by atoms with Gasteiger partial charge in [-0.05, 0) is 71.4 Å². The van der Waals surface area contributed by atoms with Gasteiger partial charge >= 0.3 is 0 Å². The van der Waals surface area contributed by atoms with Crippen LogP contribution in [0.4, 0.5) is 0 Å². The number of hydrogen-bond donors (Lipinski definition) is 1. The van der Waals surface area contributed by atoms with Gasteiger partial charge in [-0.3, -0.25) is 4.79 Å². The van der Waals surface area contributed by atoms with E-state index in [1.54, 1.807) is 5.57 Å². The summed E-state index contributed by atoms with van der Waals surface area (Å²) in [6, 6.07) is 0.256. The lowest BCUT2D eigenvalue weighted by Gasteiger charge is -2.37. The minimum Gasteiger partial charge on any atom is -0.354 e. The van der Waals surface area contributed by atoms with Crippen LogP contribution in [0, 0.1) is 17.8 Å². The topological polar surface area (TPSA) is 32.3 Å². The predicted octanol–water partition coefficient (Wildman–Crippen LogP) is 3.22. The number of piperidine rings is 1. The molecule has 0 unspecified atom stereocenters. The second kappa shape index (κ2) is 7.44. The Morgan fingerprint density at radius 3 is 2.57 bits per heavy atom. The van der Waals surface area contributed by atoms with Gasteiger partial charge in [-0.1, -0.05) is 18.6 Å². The molecule has 3 heteroatoms. The summed E-state index contributed by atoms with van der Waals surface area (Å²) >= 11 is 0. The van der Waals surface area contributed by atoms with E-state index in [1.807, 2.05) is 13.8 Å². The lowest BCUT2D eigenvalue weighted by Crippen LogP contribution is -2.44. The van der Waals surface area contributed by atoms with Crippen molar-refractivity contribution in [3.63, 3.8) is 0 Å². The Hall–Kier alpha value is -0.830. The van der Waals surface area contributed by atoms with Crippen LogP contribution >= 0.6 is 0 Å². The molecule has 0 bridgehead atoms. The fourth-order valence-corrected chi connectivity index (χ4v) is 3.76. The maximum absolute atomic E-state index is 12.1. The molecule has 1 N–H and O–H groups in total. The third-order valence-corrected chi connectivity index (χ3v) is 5.20. The summed E-state index contributed by atoms with van der Waals surface area (Å²) in [5.74, 6) is 2.01. The second-order valence-corrected chi connectivity index (χ2v) is 7.35. The van der Waals surface area contributed by atoms with Crippen LogP contribution in [-0.2, 0) is 4.79 Å². The molecule has 0 aromatic carbocycles. The van der Waals surface area contributed by atoms with Crippen LogP contribution in [-0.4, -0.2) is 36.5 Å². The molecule has 3 nitrogen and oxygen atoms in total. The monoisotopic (exact) mass is 292 g/mol. The predicted molar refractivity (Wildman–Crippen MR) is 88.1 cm³/mol. The van der Waals surface area contributed by atoms with Crippen LogP contribution in [0.15, 0.2) is 11.6 Å². The van der Waals surface area contributed by atoms with E-state index in [2.05, 4.69) is 30.1 Å². The van der Waals surface area contributed by atoms with Crippen LogP contribution < -0.4 is 5.32 Å². The zero-order valence-electron chi connectivity index (χ0n) is 14.2. The van der Waals surface area contributed by atoms with Crippen LogP contribution in [0.3, 0.4) is 0 Å². The summed E-state index contributed by atoms with van der Waals surface area (Å²) in [5, 5.41) is 3.06. The lowest BCUT2D eigenvalue weighted by atomic mass is 9.79. The maximum Gasteiger partial charge on any atom is 0.223 e. The van der Waals surface area contributed by atoms with Gasteiger partial charge in [-0.25, -0.2) is 0 Å². The van der Waals surface area contributed by atoms with E-state index in [-0.39, 0.29) is 17.9 Å². The summed E-state index contributed by atoms with van der Waals surface area (Å²) in [5.41, 5.74) is 1.58. The Kier molecular flexibility index (Phi) is 5.86. The highest BCUT2D eigenvalue weighted by Crippen LogP contribution is 2.31. The minimum absolute atomic E-state index is 0.226. The van der Waals surface area contributed by atoms with E-state index in [9.17, 15) is 4.79 Å². The Bertz CT molecular complexity index is 381. The number of amides is 1. The van der Waals surface area contributed by atoms with Crippen molar-refractivity contribution in [3.8, 4) is 0 Å². The van der Waals surface area contributed by atoms with Gasteiger partial charge in [0.05, 0.1) is 0 Å². The van der Waals surface area contributed by atoms with E-state index in [4.69, 9.17) is 0 Å². The molecule has 2 atom stereocenters. The van der Waals surface area contributed by atoms with Crippen molar-refractivity contribution in [1.82, 2.24) is 10.2 Å². The second-order valence-electron chi connectivity index (χ2n) is 7.35. The van der Waals surface area contributed by atoms with Crippen molar-refractivity contribution in [1.29, 1.82) is 0 Å². The average molecular weight is 292 g/mol. The molecule has 0 aromatic rings. The number of likely N-dealkylation sites (tertiary alicyclic amines) is 1. The summed E-state index contributed by atoms with van der Waals surface area (Å²) in [6.45, 7) is 12.1. The van der Waals surface area contributed by atoms with Crippen molar-refractivity contribution >= 4 is 5.91 Å². The smallest absolute Gasteiger partial charge is 0.223 e. The van der Waals surface area contributed by atoms with E-state index in [1.165, 1.54) is 19.4 Å². The zero-order chi connectivity index (χ0) is 15.4. The van der Waals surface area contributed by atoms with Gasteiger partial charge in [0, 0.05) is 18.5 Å². The third-order valence-electron chi connectivity index (χ3n) is 5.20. The molecule has 0 saturated carbocycles. The molecular weight excluding hydrogens is 260 g/mol. The molecule has 2 rings (SSSR count). The van der Waals surface area contributed by atoms with Gasteiger partial charge in [0.15, 0.2) is 0 Å². The fraction of sp³-hybridized carbons (Fsp3) is 0.833. The number of carbonyl (C=O) groups excluding carboxylic acids is 1. The molecule has 21 heavy (non-hydrogen) atoms. The first-order valence-corrected chi connectivity index (χ1v) is 8.66. The standard InChI is InChI=1S/C18H32N2O/c1-13(2)19-18(21)16-8-10-20(11-9-16)12-17-14(3)6-5-7-15(17)4/h6,13,15-17H,5,7-12H2,1-4H3,(H,19,21)/t15-,17-/m0/s1. The molecule has 1 heterocycles. The minimum atomic E-state index is 0.226. The molecule has 1 fully saturated rings. The quantitative estimate of drug-likeness (QED) is 0.807. The Morgan fingerprint density at radius 2 is 2.00 bits per heavy atom. The molecule has 1 aliphatic carbocycles. The maximum atomic E-state index is 12.1. The highest BCUT2D eigenvalue weighted by Gasteiger charge is 2.29. The van der Waals surface area contributed by atoms with Crippen LogP contribution in [0.25, 0.3) is 0 Å². The van der Waals surface area contributed by atoms with Gasteiger partial charge in [0.2, 0.25) is 5.91 Å². The van der Waals surface area contributed by atoms with E-state index >= 15 is 0 Å². The summed E-state index contributed by atoms with van der Waals surface area (Å²) in [4.78, 5) is 14.6. The van der Waals surface area contributed by atoms with Crippen LogP contribution in [0.5, 0.6) is 0 Å². The first kappa shape index (κ1) is 16.5. The molecule has 1 saturated heterocycles. The van der Waals surface area contributed by atoms with Crippen molar-refractivity contribution in [3.05, 3.63) is 11.6 Å². The van der Waals surface area contributed by atoms with E-state index in [0.29, 0.717) is 0 Å². The van der Waals surface area contributed by atoms with Crippen LogP contribution in [0.1, 0.15) is 53.4 Å². The van der Waals surface area contributed by atoms with Crippen molar-refractivity contribution in [2.45, 2.75) is 59.4 Å². The summed E-state index contributed by atoms with van der Waals surface area (Å²) < 4.78 is 0. The fourth-order valence-electron chi connectivity index (χ4n) is 3.76. The van der Waals surface area contributed by atoms with Crippen molar-refractivity contribution in [2.75, 3.05) is 19.6 Å². The van der Waals surface area contributed by atoms with Crippen molar-refractivity contribution < 1.29 is 4.79 Å². The number of hydrogen-bond acceptors (Lipinski definition) is 2. The van der Waals surface area contributed by atoms with E-state index < -0.39 is 0 Å². The lowest BCUT2D eigenvalue weighted by molar-refractivity contribution is -0.127. The van der Waals surface area contributed by atoms with E-state index in [0.717, 1.165) is 37.8 Å². The highest BCUT2D eigenvalue weighted by atomic mass is 16.1. The average Bonchev–Trinajstić information content (AvgIpc) is 2.43. The molecule has 2 aliphatic rings. The SMILES string of the molecule is CC1=CCC[C@H](C)[C@H]1CN1CCC(C(=O)NC(C)C)CC1. The molecule has 120 valence electrons. The number of nitrogens with one attached hydrogen (secondary N) is 1. The number of allylic oxidation sites excluding steroid dienone is 1. The molecule has 0 spiro atoms. The van der Waals surface area contributed by atoms with Gasteiger partial charge in [0.25, 0.3) is 0 Å². The molecule has 0 radical (unpaired) electrons. The summed E-state index contributed by atoms with van der Waals surface area (Å²) in [6.07, 6.45) is 7.04. The zero-order valence-corrected chi connectivity index (χ0v) is 14.2. The number of carbonyl (C=O) groups is 1.